The molecule has 7 heteroatoms. The third-order valence-corrected chi connectivity index (χ3v) is 7.21. The Balaban J connectivity index is 1.47. The van der Waals surface area contributed by atoms with Gasteiger partial charge in [-0.15, -0.1) is 0 Å². The van der Waals surface area contributed by atoms with Crippen molar-refractivity contribution in [3.63, 3.8) is 0 Å². The first-order chi connectivity index (χ1) is 9.88. The number of piperidine rings is 1. The molecule has 6 nitrogen and oxygen atoms in total. The van der Waals surface area contributed by atoms with Crippen molar-refractivity contribution >= 4 is 15.9 Å². The van der Waals surface area contributed by atoms with E-state index in [1.165, 1.54) is 6.42 Å². The van der Waals surface area contributed by atoms with Gasteiger partial charge >= 0.3 is 6.03 Å². The summed E-state index contributed by atoms with van der Waals surface area (Å²) in [4.78, 5) is 14.0. The normalized spacial score (nSPS) is 31.7. The Hall–Kier alpha value is -0.820. The Labute approximate surface area is 126 Å². The highest BCUT2D eigenvalue weighted by Crippen LogP contribution is 2.40. The Morgan fingerprint density at radius 1 is 1.19 bits per heavy atom. The lowest BCUT2D eigenvalue weighted by atomic mass is 9.66. The summed E-state index contributed by atoms with van der Waals surface area (Å²) in [5, 5.41) is 2.86. The van der Waals surface area contributed by atoms with E-state index in [2.05, 4.69) is 5.32 Å². The molecular formula is C14H25N3O3S. The number of hydrogen-bond donors (Lipinski definition) is 2. The largest absolute Gasteiger partial charge is 0.334 e. The Bertz CT molecular complexity index is 508. The summed E-state index contributed by atoms with van der Waals surface area (Å²) in [6.07, 6.45) is 5.93. The first kappa shape index (κ1) is 15.1. The molecule has 3 rings (SSSR count). The lowest BCUT2D eigenvalue weighted by molar-refractivity contribution is 0.0889. The first-order valence-electron chi connectivity index (χ1n) is 7.93. The van der Waals surface area contributed by atoms with Gasteiger partial charge < -0.3 is 16.0 Å². The molecule has 2 amide bonds. The fourth-order valence-electron chi connectivity index (χ4n) is 3.83. The van der Waals surface area contributed by atoms with Crippen molar-refractivity contribution in [2.24, 2.45) is 11.7 Å². The van der Waals surface area contributed by atoms with Crippen molar-refractivity contribution in [2.45, 2.75) is 50.1 Å². The average Bonchev–Trinajstić information content (AvgIpc) is 2.75. The van der Waals surface area contributed by atoms with Crippen molar-refractivity contribution in [3.05, 3.63) is 0 Å². The van der Waals surface area contributed by atoms with Crippen LogP contribution < -0.4 is 11.1 Å². The molecule has 0 spiro atoms. The molecule has 3 N–H and O–H groups in total. The third-order valence-electron chi connectivity index (χ3n) is 5.44. The molecule has 2 saturated heterocycles. The van der Waals surface area contributed by atoms with Gasteiger partial charge in [0, 0.05) is 24.7 Å². The molecule has 0 aromatic heterocycles. The number of carbonyl (C=O) groups excluding carboxylic acids is 1. The monoisotopic (exact) mass is 315 g/mol. The smallest absolute Gasteiger partial charge is 0.317 e. The number of likely N-dealkylation sites (tertiary alicyclic amines) is 1. The summed E-state index contributed by atoms with van der Waals surface area (Å²) in [6, 6.07) is -0.331. The number of rotatable bonds is 2. The van der Waals surface area contributed by atoms with Gasteiger partial charge in [-0.2, -0.15) is 0 Å². The van der Waals surface area contributed by atoms with Crippen molar-refractivity contribution in [2.75, 3.05) is 24.6 Å². The molecule has 2 heterocycles. The molecule has 21 heavy (non-hydrogen) atoms. The van der Waals surface area contributed by atoms with Crippen LogP contribution in [0.2, 0.25) is 0 Å². The maximum atomic E-state index is 12.2. The number of nitrogens with zero attached hydrogens (tertiary/aromatic N) is 1. The molecule has 0 radical (unpaired) electrons. The van der Waals surface area contributed by atoms with Crippen LogP contribution in [-0.4, -0.2) is 55.5 Å². The molecule has 0 aromatic rings. The predicted molar refractivity (Wildman–Crippen MR) is 80.7 cm³/mol. The molecule has 1 saturated carbocycles. The van der Waals surface area contributed by atoms with E-state index in [0.717, 1.165) is 38.8 Å². The van der Waals surface area contributed by atoms with Crippen LogP contribution in [0.3, 0.4) is 0 Å². The summed E-state index contributed by atoms with van der Waals surface area (Å²) < 4.78 is 22.8. The van der Waals surface area contributed by atoms with E-state index in [0.29, 0.717) is 12.3 Å². The molecule has 3 aliphatic rings. The third kappa shape index (κ3) is 3.18. The Kier molecular flexibility index (Phi) is 3.90. The topological polar surface area (TPSA) is 92.5 Å². The standard InChI is InChI=1S/C14H25N3O3S/c15-14(5-1-6-14)11-2-7-17(8-3-11)13(18)16-12-4-9-21(19,20)10-12/h11-12H,1-10,15H2,(H,16,18). The maximum absolute atomic E-state index is 12.2. The van der Waals surface area contributed by atoms with E-state index in [1.54, 1.807) is 0 Å². The summed E-state index contributed by atoms with van der Waals surface area (Å²) in [7, 11) is -2.95. The average molecular weight is 315 g/mol. The number of sulfone groups is 1. The van der Waals surface area contributed by atoms with E-state index in [-0.39, 0.29) is 29.1 Å². The van der Waals surface area contributed by atoms with Gasteiger partial charge in [-0.1, -0.05) is 0 Å². The van der Waals surface area contributed by atoms with Crippen LogP contribution >= 0.6 is 0 Å². The number of carbonyl (C=O) groups is 1. The molecule has 3 fully saturated rings. The summed E-state index contributed by atoms with van der Waals surface area (Å²) in [5.41, 5.74) is 6.39. The quantitative estimate of drug-likeness (QED) is 0.775. The molecule has 1 atom stereocenters. The first-order valence-corrected chi connectivity index (χ1v) is 9.75. The zero-order valence-corrected chi connectivity index (χ0v) is 13.2. The predicted octanol–water partition coefficient (Wildman–Crippen LogP) is 0.476. The van der Waals surface area contributed by atoms with Gasteiger partial charge in [-0.05, 0) is 44.4 Å². The van der Waals surface area contributed by atoms with Crippen LogP contribution in [0.1, 0.15) is 38.5 Å². The zero-order chi connectivity index (χ0) is 15.1. The minimum absolute atomic E-state index is 0.0160. The van der Waals surface area contributed by atoms with E-state index < -0.39 is 9.84 Å². The van der Waals surface area contributed by atoms with Gasteiger partial charge in [-0.3, -0.25) is 0 Å². The Morgan fingerprint density at radius 2 is 1.86 bits per heavy atom. The van der Waals surface area contributed by atoms with Crippen LogP contribution in [0.5, 0.6) is 0 Å². The summed E-state index contributed by atoms with van der Waals surface area (Å²) in [6.45, 7) is 1.46. The summed E-state index contributed by atoms with van der Waals surface area (Å²) in [5.74, 6) is 0.804. The molecule has 0 aromatic carbocycles. The van der Waals surface area contributed by atoms with E-state index in [1.807, 2.05) is 4.90 Å². The number of urea groups is 1. The second-order valence-corrected chi connectivity index (χ2v) is 9.13. The van der Waals surface area contributed by atoms with Gasteiger partial charge in [0.1, 0.15) is 0 Å². The molecule has 1 aliphatic carbocycles. The highest BCUT2D eigenvalue weighted by molar-refractivity contribution is 7.91. The van der Waals surface area contributed by atoms with Crippen LogP contribution in [-0.2, 0) is 9.84 Å². The fraction of sp³-hybridized carbons (Fsp3) is 0.929. The van der Waals surface area contributed by atoms with Crippen LogP contribution in [0.15, 0.2) is 0 Å². The van der Waals surface area contributed by atoms with Gasteiger partial charge in [0.05, 0.1) is 11.5 Å². The molecule has 0 bridgehead atoms. The SMILES string of the molecule is NC1(C2CCN(C(=O)NC3CCS(=O)(=O)C3)CC2)CCC1. The highest BCUT2D eigenvalue weighted by Gasteiger charge is 2.42. The maximum Gasteiger partial charge on any atom is 0.317 e. The lowest BCUT2D eigenvalue weighted by Crippen LogP contribution is -2.57. The fourth-order valence-corrected chi connectivity index (χ4v) is 5.50. The molecule has 1 unspecified atom stereocenters. The second-order valence-electron chi connectivity index (χ2n) is 6.90. The van der Waals surface area contributed by atoms with Crippen molar-refractivity contribution in [3.8, 4) is 0 Å². The summed E-state index contributed by atoms with van der Waals surface area (Å²) >= 11 is 0. The minimum Gasteiger partial charge on any atom is -0.334 e. The van der Waals surface area contributed by atoms with Crippen molar-refractivity contribution < 1.29 is 13.2 Å². The number of nitrogens with two attached hydrogens (primary N) is 1. The van der Waals surface area contributed by atoms with Gasteiger partial charge in [0.25, 0.3) is 0 Å². The second kappa shape index (κ2) is 5.43. The van der Waals surface area contributed by atoms with Crippen molar-refractivity contribution in [1.82, 2.24) is 10.2 Å². The van der Waals surface area contributed by atoms with Crippen LogP contribution in [0, 0.1) is 5.92 Å². The van der Waals surface area contributed by atoms with Crippen LogP contribution in [0.25, 0.3) is 0 Å². The van der Waals surface area contributed by atoms with Gasteiger partial charge in [0.2, 0.25) is 0 Å². The van der Waals surface area contributed by atoms with E-state index >= 15 is 0 Å². The van der Waals surface area contributed by atoms with E-state index in [4.69, 9.17) is 5.73 Å². The van der Waals surface area contributed by atoms with E-state index in [9.17, 15) is 13.2 Å². The minimum atomic E-state index is -2.95. The number of amides is 2. The number of hydrogen-bond acceptors (Lipinski definition) is 4. The molecular weight excluding hydrogens is 290 g/mol. The van der Waals surface area contributed by atoms with Gasteiger partial charge in [-0.25, -0.2) is 13.2 Å². The number of nitrogens with one attached hydrogen (secondary N) is 1. The highest BCUT2D eigenvalue weighted by atomic mass is 32.2. The lowest BCUT2D eigenvalue weighted by Gasteiger charge is -2.48. The molecule has 120 valence electrons. The van der Waals surface area contributed by atoms with Crippen molar-refractivity contribution in [1.29, 1.82) is 0 Å². The zero-order valence-electron chi connectivity index (χ0n) is 12.4. The molecule has 2 aliphatic heterocycles. The van der Waals surface area contributed by atoms with Gasteiger partial charge in [0.15, 0.2) is 9.84 Å². The Morgan fingerprint density at radius 3 is 2.33 bits per heavy atom. The van der Waals surface area contributed by atoms with Crippen LogP contribution in [0.4, 0.5) is 4.79 Å².